The first kappa shape index (κ1) is 12.9. The normalized spacial score (nSPS) is 12.5. The van der Waals surface area contributed by atoms with Crippen LogP contribution in [0.25, 0.3) is 34.1 Å². The zero-order valence-corrected chi connectivity index (χ0v) is 12.2. The fourth-order valence-corrected chi connectivity index (χ4v) is 3.27. The van der Waals surface area contributed by atoms with Gasteiger partial charge in [0.25, 0.3) is 0 Å². The van der Waals surface area contributed by atoms with Crippen LogP contribution in [-0.2, 0) is 6.42 Å². The highest BCUT2D eigenvalue weighted by Crippen LogP contribution is 2.37. The van der Waals surface area contributed by atoms with E-state index in [0.717, 1.165) is 28.3 Å². The Hall–Kier alpha value is -2.80. The molecule has 3 aromatic carbocycles. The van der Waals surface area contributed by atoms with Gasteiger partial charge in [-0.25, -0.2) is 0 Å². The Kier molecular flexibility index (Phi) is 2.87. The summed E-state index contributed by atoms with van der Waals surface area (Å²) in [6.07, 6.45) is 7.18. The molecule has 106 valence electrons. The van der Waals surface area contributed by atoms with E-state index in [-0.39, 0.29) is 0 Å². The van der Waals surface area contributed by atoms with Crippen molar-refractivity contribution in [2.75, 3.05) is 0 Å². The monoisotopic (exact) mass is 284 g/mol. The van der Waals surface area contributed by atoms with E-state index in [0.29, 0.717) is 5.75 Å². The summed E-state index contributed by atoms with van der Waals surface area (Å²) in [6.45, 7) is 3.88. The van der Waals surface area contributed by atoms with Crippen molar-refractivity contribution < 1.29 is 5.11 Å². The van der Waals surface area contributed by atoms with E-state index in [1.807, 2.05) is 30.3 Å². The maximum Gasteiger partial charge on any atom is 0.124 e. The lowest BCUT2D eigenvalue weighted by atomic mass is 9.93. The third kappa shape index (κ3) is 1.86. The van der Waals surface area contributed by atoms with Gasteiger partial charge in [-0.3, -0.25) is 0 Å². The lowest BCUT2D eigenvalue weighted by Crippen LogP contribution is -1.88. The molecule has 0 spiro atoms. The molecule has 0 unspecified atom stereocenters. The molecule has 0 bridgehead atoms. The molecule has 0 radical (unpaired) electrons. The van der Waals surface area contributed by atoms with Crippen molar-refractivity contribution in [3.8, 4) is 16.9 Å². The second kappa shape index (κ2) is 4.88. The number of benzene rings is 3. The standard InChI is InChI=1S/C21H16O/c1-2-14-6-3-11-19-20(14)12-16(13-21(19)22)18-10-5-8-15-7-4-9-17(15)18/h2-6,8-13,22H,1,7H2. The second-order valence-corrected chi connectivity index (χ2v) is 5.63. The van der Waals surface area contributed by atoms with E-state index in [1.165, 1.54) is 16.7 Å². The van der Waals surface area contributed by atoms with Crippen LogP contribution in [0.2, 0.25) is 0 Å². The Balaban J connectivity index is 2.03. The molecule has 0 fully saturated rings. The van der Waals surface area contributed by atoms with Crippen LogP contribution in [0.1, 0.15) is 16.7 Å². The summed E-state index contributed by atoms with van der Waals surface area (Å²) in [5, 5.41) is 12.3. The van der Waals surface area contributed by atoms with E-state index in [1.54, 1.807) is 0 Å². The Morgan fingerprint density at radius 1 is 1.00 bits per heavy atom. The average Bonchev–Trinajstić information content (AvgIpc) is 3.02. The first-order valence-corrected chi connectivity index (χ1v) is 7.45. The molecule has 1 aliphatic carbocycles. The van der Waals surface area contributed by atoms with Crippen molar-refractivity contribution in [2.45, 2.75) is 6.42 Å². The molecule has 0 atom stereocenters. The number of hydrogen-bond acceptors (Lipinski definition) is 1. The van der Waals surface area contributed by atoms with Gasteiger partial charge < -0.3 is 5.11 Å². The van der Waals surface area contributed by atoms with Gasteiger partial charge in [0.05, 0.1) is 0 Å². The number of phenolic OH excluding ortho intramolecular Hbond substituents is 1. The molecule has 1 heteroatoms. The van der Waals surface area contributed by atoms with E-state index in [4.69, 9.17) is 0 Å². The number of rotatable bonds is 2. The number of hydrogen-bond donors (Lipinski definition) is 1. The van der Waals surface area contributed by atoms with Crippen LogP contribution in [0, 0.1) is 0 Å². The molecule has 1 N–H and O–H groups in total. The second-order valence-electron chi connectivity index (χ2n) is 5.63. The van der Waals surface area contributed by atoms with Gasteiger partial charge in [-0.1, -0.05) is 61.2 Å². The molecule has 0 aromatic heterocycles. The first-order valence-electron chi connectivity index (χ1n) is 7.45. The van der Waals surface area contributed by atoms with Crippen molar-refractivity contribution in [1.29, 1.82) is 0 Å². The number of phenols is 1. The third-order valence-corrected chi connectivity index (χ3v) is 4.36. The Bertz CT molecular complexity index is 932. The number of fused-ring (bicyclic) bond motifs is 2. The molecule has 0 saturated carbocycles. The predicted molar refractivity (Wildman–Crippen MR) is 93.9 cm³/mol. The summed E-state index contributed by atoms with van der Waals surface area (Å²) in [7, 11) is 0. The summed E-state index contributed by atoms with van der Waals surface area (Å²) >= 11 is 0. The maximum atomic E-state index is 10.4. The minimum atomic E-state index is 0.316. The SMILES string of the molecule is C=Cc1cccc2c(O)cc(-c3cccc4c3C=CC4)cc12. The molecule has 4 rings (SSSR count). The molecule has 0 aliphatic heterocycles. The van der Waals surface area contributed by atoms with Gasteiger partial charge in [0.15, 0.2) is 0 Å². The minimum Gasteiger partial charge on any atom is -0.507 e. The fraction of sp³-hybridized carbons (Fsp3) is 0.0476. The van der Waals surface area contributed by atoms with Gasteiger partial charge in [-0.05, 0) is 51.8 Å². The molecule has 0 heterocycles. The first-order chi connectivity index (χ1) is 10.8. The lowest BCUT2D eigenvalue weighted by Gasteiger charge is -2.12. The topological polar surface area (TPSA) is 20.2 Å². The lowest BCUT2D eigenvalue weighted by molar-refractivity contribution is 0.482. The highest BCUT2D eigenvalue weighted by molar-refractivity contribution is 5.98. The van der Waals surface area contributed by atoms with Crippen LogP contribution in [0.3, 0.4) is 0 Å². The average molecular weight is 284 g/mol. The molecular weight excluding hydrogens is 268 g/mol. The highest BCUT2D eigenvalue weighted by Gasteiger charge is 2.13. The molecular formula is C21H16O. The van der Waals surface area contributed by atoms with Crippen LogP contribution in [0.15, 0.2) is 61.2 Å². The van der Waals surface area contributed by atoms with Crippen molar-refractivity contribution >= 4 is 22.9 Å². The van der Waals surface area contributed by atoms with Gasteiger partial charge in [-0.2, -0.15) is 0 Å². The Morgan fingerprint density at radius 3 is 2.73 bits per heavy atom. The van der Waals surface area contributed by atoms with Crippen LogP contribution in [0.5, 0.6) is 5.75 Å². The maximum absolute atomic E-state index is 10.4. The van der Waals surface area contributed by atoms with Crippen molar-refractivity contribution in [3.05, 3.63) is 77.9 Å². The minimum absolute atomic E-state index is 0.316. The third-order valence-electron chi connectivity index (χ3n) is 4.36. The summed E-state index contributed by atoms with van der Waals surface area (Å²) in [5.41, 5.74) is 5.86. The number of aromatic hydroxyl groups is 1. The van der Waals surface area contributed by atoms with Crippen molar-refractivity contribution in [3.63, 3.8) is 0 Å². The zero-order chi connectivity index (χ0) is 15.1. The van der Waals surface area contributed by atoms with Gasteiger partial charge in [0.1, 0.15) is 5.75 Å². The van der Waals surface area contributed by atoms with Crippen LogP contribution >= 0.6 is 0 Å². The Morgan fingerprint density at radius 2 is 1.86 bits per heavy atom. The largest absolute Gasteiger partial charge is 0.507 e. The summed E-state index contributed by atoms with van der Waals surface area (Å²) in [5.74, 6) is 0.316. The van der Waals surface area contributed by atoms with E-state index >= 15 is 0 Å². The van der Waals surface area contributed by atoms with Gasteiger partial charge in [-0.15, -0.1) is 0 Å². The summed E-state index contributed by atoms with van der Waals surface area (Å²) in [4.78, 5) is 0. The molecule has 3 aromatic rings. The van der Waals surface area contributed by atoms with Crippen molar-refractivity contribution in [1.82, 2.24) is 0 Å². The Labute approximate surface area is 129 Å². The summed E-state index contributed by atoms with van der Waals surface area (Å²) in [6, 6.07) is 16.3. The van der Waals surface area contributed by atoms with Gasteiger partial charge in [0, 0.05) is 5.39 Å². The molecule has 1 nitrogen and oxygen atoms in total. The van der Waals surface area contributed by atoms with E-state index < -0.39 is 0 Å². The molecule has 1 aliphatic rings. The predicted octanol–water partition coefficient (Wildman–Crippen LogP) is 5.42. The number of allylic oxidation sites excluding steroid dienone is 1. The van der Waals surface area contributed by atoms with Crippen LogP contribution in [-0.4, -0.2) is 5.11 Å². The molecule has 0 amide bonds. The molecule has 0 saturated heterocycles. The van der Waals surface area contributed by atoms with E-state index in [2.05, 4.69) is 43.0 Å². The zero-order valence-electron chi connectivity index (χ0n) is 12.2. The van der Waals surface area contributed by atoms with E-state index in [9.17, 15) is 5.11 Å². The quantitative estimate of drug-likeness (QED) is 0.665. The van der Waals surface area contributed by atoms with Gasteiger partial charge in [0.2, 0.25) is 0 Å². The van der Waals surface area contributed by atoms with Gasteiger partial charge >= 0.3 is 0 Å². The highest BCUT2D eigenvalue weighted by atomic mass is 16.3. The van der Waals surface area contributed by atoms with Crippen LogP contribution < -0.4 is 0 Å². The van der Waals surface area contributed by atoms with Crippen molar-refractivity contribution in [2.24, 2.45) is 0 Å². The fourth-order valence-electron chi connectivity index (χ4n) is 3.27. The molecule has 22 heavy (non-hydrogen) atoms. The smallest absolute Gasteiger partial charge is 0.124 e. The summed E-state index contributed by atoms with van der Waals surface area (Å²) < 4.78 is 0. The van der Waals surface area contributed by atoms with Crippen LogP contribution in [0.4, 0.5) is 0 Å².